The van der Waals surface area contributed by atoms with Gasteiger partial charge in [-0.05, 0) is 33.4 Å². The number of hydrogen-bond donors (Lipinski definition) is 0. The van der Waals surface area contributed by atoms with Gasteiger partial charge in [0.1, 0.15) is 11.4 Å². The Bertz CT molecular complexity index is 495. The van der Waals surface area contributed by atoms with E-state index < -0.39 is 0 Å². The zero-order chi connectivity index (χ0) is 15.3. The van der Waals surface area contributed by atoms with Crippen LogP contribution in [0.15, 0.2) is 35.9 Å². The molecule has 0 atom stereocenters. The highest BCUT2D eigenvalue weighted by Gasteiger charge is 2.20. The van der Waals surface area contributed by atoms with Gasteiger partial charge in [0.15, 0.2) is 5.88 Å². The van der Waals surface area contributed by atoms with E-state index in [0.717, 1.165) is 37.6 Å². The number of hydrogen-bond acceptors (Lipinski definition) is 5. The van der Waals surface area contributed by atoms with Crippen LogP contribution in [0.25, 0.3) is 0 Å². The molecule has 1 saturated heterocycles. The van der Waals surface area contributed by atoms with Crippen molar-refractivity contribution in [2.24, 2.45) is 4.99 Å². The molecule has 1 aromatic rings. The lowest BCUT2D eigenvalue weighted by atomic mass is 10.1. The zero-order valence-corrected chi connectivity index (χ0v) is 13.2. The molecule has 5 heteroatoms. The van der Waals surface area contributed by atoms with Gasteiger partial charge in [-0.25, -0.2) is 9.97 Å². The molecule has 2 rings (SSSR count). The summed E-state index contributed by atoms with van der Waals surface area (Å²) in [5.74, 6) is 1.53. The number of aromatic nitrogens is 2. The Morgan fingerprint density at radius 2 is 1.90 bits per heavy atom. The van der Waals surface area contributed by atoms with Crippen LogP contribution >= 0.6 is 0 Å². The highest BCUT2D eigenvalue weighted by Crippen LogP contribution is 2.19. The van der Waals surface area contributed by atoms with Crippen molar-refractivity contribution in [3.05, 3.63) is 36.7 Å². The van der Waals surface area contributed by atoms with Crippen LogP contribution in [0.4, 0.5) is 0 Å². The highest BCUT2D eigenvalue weighted by molar-refractivity contribution is 5.85. The third-order valence-electron chi connectivity index (χ3n) is 3.18. The summed E-state index contributed by atoms with van der Waals surface area (Å²) < 4.78 is 5.81. The van der Waals surface area contributed by atoms with Gasteiger partial charge in [0.05, 0.1) is 6.54 Å². The van der Waals surface area contributed by atoms with Crippen LogP contribution in [0, 0.1) is 0 Å². The van der Waals surface area contributed by atoms with E-state index in [4.69, 9.17) is 4.74 Å². The van der Waals surface area contributed by atoms with Crippen LogP contribution in [0.5, 0.6) is 0 Å². The van der Waals surface area contributed by atoms with Crippen LogP contribution in [-0.4, -0.2) is 39.3 Å². The normalized spacial score (nSPS) is 15.8. The molecule has 0 amide bonds. The lowest BCUT2D eigenvalue weighted by molar-refractivity contribution is 0.00275. The van der Waals surface area contributed by atoms with Gasteiger partial charge < -0.3 is 9.64 Å². The summed E-state index contributed by atoms with van der Waals surface area (Å²) in [6.45, 7) is 12.5. The first-order valence-electron chi connectivity index (χ1n) is 7.35. The molecule has 0 unspecified atom stereocenters. The van der Waals surface area contributed by atoms with Gasteiger partial charge >= 0.3 is 0 Å². The van der Waals surface area contributed by atoms with Crippen molar-refractivity contribution in [3.63, 3.8) is 0 Å². The molecule has 1 aliphatic rings. The maximum Gasteiger partial charge on any atom is 0.182 e. The molecular weight excluding hydrogens is 264 g/mol. The third-order valence-corrected chi connectivity index (χ3v) is 3.18. The van der Waals surface area contributed by atoms with Crippen molar-refractivity contribution < 1.29 is 4.74 Å². The Balaban J connectivity index is 1.81. The fourth-order valence-corrected chi connectivity index (χ4v) is 2.18. The number of aliphatic imine (C=N–C) groups is 1. The number of piperidine rings is 1. The molecule has 0 bridgehead atoms. The van der Waals surface area contributed by atoms with E-state index >= 15 is 0 Å². The second-order valence-corrected chi connectivity index (χ2v) is 6.14. The summed E-state index contributed by atoms with van der Waals surface area (Å²) in [5, 5.41) is 0. The number of nitrogens with zero attached hydrogens (tertiary/aromatic N) is 4. The summed E-state index contributed by atoms with van der Waals surface area (Å²) in [7, 11) is 0. The first-order chi connectivity index (χ1) is 9.94. The van der Waals surface area contributed by atoms with Gasteiger partial charge in [0, 0.05) is 44.0 Å². The zero-order valence-electron chi connectivity index (χ0n) is 13.2. The van der Waals surface area contributed by atoms with Crippen LogP contribution in [0.2, 0.25) is 0 Å². The molecule has 2 heterocycles. The first-order valence-corrected chi connectivity index (χ1v) is 7.35. The van der Waals surface area contributed by atoms with Gasteiger partial charge in [-0.1, -0.05) is 0 Å². The Labute approximate surface area is 126 Å². The lowest BCUT2D eigenvalue weighted by Crippen LogP contribution is -2.36. The number of ether oxygens (including phenoxy) is 1. The van der Waals surface area contributed by atoms with Crippen molar-refractivity contribution in [1.82, 2.24) is 14.9 Å². The largest absolute Gasteiger partial charge is 0.474 e. The SMILES string of the molecule is C=C(OC(C)(C)C)N1CCC(=NCc2ncccn2)CC1. The Morgan fingerprint density at radius 3 is 2.48 bits per heavy atom. The molecule has 1 aliphatic heterocycles. The van der Waals surface area contributed by atoms with Crippen molar-refractivity contribution in [2.75, 3.05) is 13.1 Å². The van der Waals surface area contributed by atoms with E-state index in [0.29, 0.717) is 6.54 Å². The van der Waals surface area contributed by atoms with Gasteiger partial charge in [0.2, 0.25) is 0 Å². The Kier molecular flexibility index (Phi) is 4.94. The summed E-state index contributed by atoms with van der Waals surface area (Å²) in [6.07, 6.45) is 5.39. The summed E-state index contributed by atoms with van der Waals surface area (Å²) >= 11 is 0. The van der Waals surface area contributed by atoms with E-state index in [-0.39, 0.29) is 5.60 Å². The predicted octanol–water partition coefficient (Wildman–Crippen LogP) is 2.80. The molecule has 21 heavy (non-hydrogen) atoms. The molecule has 1 fully saturated rings. The fraction of sp³-hybridized carbons (Fsp3) is 0.562. The van der Waals surface area contributed by atoms with E-state index in [1.165, 1.54) is 5.71 Å². The highest BCUT2D eigenvalue weighted by atomic mass is 16.5. The van der Waals surface area contributed by atoms with E-state index in [1.807, 2.05) is 26.8 Å². The molecule has 0 spiro atoms. The second kappa shape index (κ2) is 6.70. The molecular formula is C16H24N4O. The minimum atomic E-state index is -0.198. The average molecular weight is 288 g/mol. The van der Waals surface area contributed by atoms with E-state index in [2.05, 4.69) is 26.4 Å². The van der Waals surface area contributed by atoms with Gasteiger partial charge in [-0.2, -0.15) is 0 Å². The summed E-state index contributed by atoms with van der Waals surface area (Å²) in [5.41, 5.74) is 1.03. The lowest BCUT2D eigenvalue weighted by Gasteiger charge is -2.34. The first kappa shape index (κ1) is 15.5. The summed E-state index contributed by atoms with van der Waals surface area (Å²) in [4.78, 5) is 15.2. The smallest absolute Gasteiger partial charge is 0.182 e. The third kappa shape index (κ3) is 5.17. The Morgan fingerprint density at radius 1 is 1.29 bits per heavy atom. The van der Waals surface area contributed by atoms with Gasteiger partial charge in [0.25, 0.3) is 0 Å². The van der Waals surface area contributed by atoms with Crippen LogP contribution in [-0.2, 0) is 11.3 Å². The number of likely N-dealkylation sites (tertiary alicyclic amines) is 1. The van der Waals surface area contributed by atoms with Crippen molar-refractivity contribution in [3.8, 4) is 0 Å². The maximum absolute atomic E-state index is 5.81. The molecule has 5 nitrogen and oxygen atoms in total. The minimum Gasteiger partial charge on any atom is -0.474 e. The molecule has 0 saturated carbocycles. The van der Waals surface area contributed by atoms with Gasteiger partial charge in [-0.3, -0.25) is 4.99 Å². The molecule has 114 valence electrons. The van der Waals surface area contributed by atoms with Gasteiger partial charge in [-0.15, -0.1) is 0 Å². The van der Waals surface area contributed by atoms with E-state index in [1.54, 1.807) is 12.4 Å². The monoisotopic (exact) mass is 288 g/mol. The second-order valence-electron chi connectivity index (χ2n) is 6.14. The molecule has 0 aliphatic carbocycles. The quantitative estimate of drug-likeness (QED) is 0.799. The standard InChI is InChI=1S/C16H24N4O/c1-13(21-16(2,3)4)20-10-6-14(7-11-20)19-12-15-17-8-5-9-18-15/h5,8-9H,1,6-7,10-12H2,2-4H3. The molecule has 0 radical (unpaired) electrons. The molecule has 1 aromatic heterocycles. The Hall–Kier alpha value is -1.91. The van der Waals surface area contributed by atoms with Crippen molar-refractivity contribution in [2.45, 2.75) is 45.8 Å². The average Bonchev–Trinajstić information content (AvgIpc) is 2.45. The van der Waals surface area contributed by atoms with Crippen LogP contribution < -0.4 is 0 Å². The topological polar surface area (TPSA) is 50.6 Å². The predicted molar refractivity (Wildman–Crippen MR) is 84.0 cm³/mol. The summed E-state index contributed by atoms with van der Waals surface area (Å²) in [6, 6.07) is 1.82. The molecule has 0 N–H and O–H groups in total. The molecule has 0 aromatic carbocycles. The van der Waals surface area contributed by atoms with Crippen molar-refractivity contribution >= 4 is 5.71 Å². The number of rotatable bonds is 4. The van der Waals surface area contributed by atoms with Crippen LogP contribution in [0.1, 0.15) is 39.4 Å². The maximum atomic E-state index is 5.81. The van der Waals surface area contributed by atoms with Crippen LogP contribution in [0.3, 0.4) is 0 Å². The fourth-order valence-electron chi connectivity index (χ4n) is 2.18. The van der Waals surface area contributed by atoms with E-state index in [9.17, 15) is 0 Å². The minimum absolute atomic E-state index is 0.198. The van der Waals surface area contributed by atoms with Crippen molar-refractivity contribution in [1.29, 1.82) is 0 Å².